The monoisotopic (exact) mass is 427 g/mol. The molecule has 2 aromatic rings. The molecule has 0 bridgehead atoms. The second-order valence-electron chi connectivity index (χ2n) is 6.17. The highest BCUT2D eigenvalue weighted by Gasteiger charge is 2.33. The summed E-state index contributed by atoms with van der Waals surface area (Å²) in [5.41, 5.74) is 0.780. The number of anilines is 1. The number of benzene rings is 1. The molecule has 0 aliphatic rings. The van der Waals surface area contributed by atoms with Crippen molar-refractivity contribution in [2.75, 3.05) is 11.9 Å². The van der Waals surface area contributed by atoms with Crippen molar-refractivity contribution in [1.29, 1.82) is 0 Å². The van der Waals surface area contributed by atoms with E-state index >= 15 is 0 Å². The lowest BCUT2D eigenvalue weighted by atomic mass is 10.2. The third-order valence-corrected chi connectivity index (χ3v) is 4.58. The number of carbonyl (C=O) groups excluding carboxylic acids is 1. The molecule has 29 heavy (non-hydrogen) atoms. The van der Waals surface area contributed by atoms with Crippen molar-refractivity contribution in [3.63, 3.8) is 0 Å². The number of rotatable bonds is 8. The van der Waals surface area contributed by atoms with Gasteiger partial charge in [0.15, 0.2) is 11.7 Å². The summed E-state index contributed by atoms with van der Waals surface area (Å²) in [6.45, 7) is 4.98. The van der Waals surface area contributed by atoms with Crippen LogP contribution in [0.4, 0.5) is 18.9 Å². The van der Waals surface area contributed by atoms with Gasteiger partial charge in [0.05, 0.1) is 13.1 Å². The molecule has 0 aliphatic heterocycles. The van der Waals surface area contributed by atoms with Gasteiger partial charge in [0.1, 0.15) is 5.01 Å². The van der Waals surface area contributed by atoms with Gasteiger partial charge < -0.3 is 16.0 Å². The number of halogens is 3. The molecular weight excluding hydrogens is 403 g/mol. The van der Waals surface area contributed by atoms with E-state index in [0.717, 1.165) is 34.4 Å². The smallest absolute Gasteiger partial charge is 0.357 e. The Morgan fingerprint density at radius 1 is 1.17 bits per heavy atom. The van der Waals surface area contributed by atoms with Crippen LogP contribution in [0.1, 0.15) is 43.0 Å². The van der Waals surface area contributed by atoms with Crippen molar-refractivity contribution in [1.82, 2.24) is 15.6 Å². The largest absolute Gasteiger partial charge is 0.434 e. The Morgan fingerprint density at radius 3 is 2.48 bits per heavy atom. The molecular formula is C19H24F3N5OS. The number of nitrogens with zero attached hydrogens (tertiary/aromatic N) is 2. The number of hydrogen-bond donors (Lipinski definition) is 3. The summed E-state index contributed by atoms with van der Waals surface area (Å²) in [5.74, 6) is 0.462. The molecule has 1 aromatic carbocycles. The zero-order valence-corrected chi connectivity index (χ0v) is 17.1. The first-order valence-corrected chi connectivity index (χ1v) is 10.1. The van der Waals surface area contributed by atoms with Crippen LogP contribution in [0.25, 0.3) is 0 Å². The van der Waals surface area contributed by atoms with Crippen molar-refractivity contribution >= 4 is 28.9 Å². The normalized spacial score (nSPS) is 12.0. The fourth-order valence-corrected chi connectivity index (χ4v) is 3.08. The molecule has 3 N–H and O–H groups in total. The van der Waals surface area contributed by atoms with E-state index in [-0.39, 0.29) is 12.5 Å². The van der Waals surface area contributed by atoms with Crippen molar-refractivity contribution in [2.24, 2.45) is 4.99 Å². The van der Waals surface area contributed by atoms with Crippen LogP contribution in [-0.2, 0) is 24.1 Å². The summed E-state index contributed by atoms with van der Waals surface area (Å²) in [6, 6.07) is 7.36. The standard InChI is InChI=1S/C19H24F3N5OS/c1-3-5-16(28)26-14-8-6-13(7-9-14)10-24-18(23-4-2)25-11-17-27-15(12-29-17)19(20,21)22/h6-9,12H,3-5,10-11H2,1-2H3,(H,26,28)(H2,23,24,25). The van der Waals surface area contributed by atoms with Gasteiger partial charge in [0, 0.05) is 24.0 Å². The van der Waals surface area contributed by atoms with E-state index in [0.29, 0.717) is 30.5 Å². The molecule has 0 unspecified atom stereocenters. The van der Waals surface area contributed by atoms with E-state index < -0.39 is 11.9 Å². The van der Waals surface area contributed by atoms with Crippen LogP contribution in [0.2, 0.25) is 0 Å². The van der Waals surface area contributed by atoms with Crippen molar-refractivity contribution in [3.8, 4) is 0 Å². The third kappa shape index (κ3) is 7.72. The van der Waals surface area contributed by atoms with Crippen LogP contribution >= 0.6 is 11.3 Å². The van der Waals surface area contributed by atoms with Crippen molar-refractivity contribution < 1.29 is 18.0 Å². The summed E-state index contributed by atoms with van der Waals surface area (Å²) < 4.78 is 37.9. The number of aromatic nitrogens is 1. The van der Waals surface area contributed by atoms with E-state index in [1.807, 2.05) is 38.1 Å². The first-order valence-electron chi connectivity index (χ1n) is 9.24. The van der Waals surface area contributed by atoms with Gasteiger partial charge in [-0.2, -0.15) is 13.2 Å². The minimum atomic E-state index is -4.44. The van der Waals surface area contributed by atoms with Crippen LogP contribution in [0.3, 0.4) is 0 Å². The zero-order chi connectivity index (χ0) is 21.3. The Kier molecular flexibility index (Phi) is 8.44. The summed E-state index contributed by atoms with van der Waals surface area (Å²) in [7, 11) is 0. The van der Waals surface area contributed by atoms with Gasteiger partial charge >= 0.3 is 6.18 Å². The first-order chi connectivity index (χ1) is 13.8. The van der Waals surface area contributed by atoms with Crippen LogP contribution in [0.5, 0.6) is 0 Å². The van der Waals surface area contributed by atoms with Crippen molar-refractivity contribution in [2.45, 2.75) is 46.0 Å². The number of aliphatic imine (C=N–C) groups is 1. The van der Waals surface area contributed by atoms with Crippen LogP contribution in [0.15, 0.2) is 34.6 Å². The average Bonchev–Trinajstić information content (AvgIpc) is 3.15. The molecule has 0 spiro atoms. The van der Waals surface area contributed by atoms with Crippen molar-refractivity contribution in [3.05, 3.63) is 45.9 Å². The van der Waals surface area contributed by atoms with Gasteiger partial charge in [-0.1, -0.05) is 19.1 Å². The highest BCUT2D eigenvalue weighted by Crippen LogP contribution is 2.29. The Hall–Kier alpha value is -2.62. The molecule has 1 amide bonds. The lowest BCUT2D eigenvalue weighted by Gasteiger charge is -2.10. The van der Waals surface area contributed by atoms with E-state index in [1.54, 1.807) is 0 Å². The van der Waals surface area contributed by atoms with Crippen LogP contribution < -0.4 is 16.0 Å². The SMILES string of the molecule is CCCC(=O)Nc1ccc(CN=C(NCC)NCc2nc(C(F)(F)F)cs2)cc1. The van der Waals surface area contributed by atoms with Crippen LogP contribution in [0, 0.1) is 0 Å². The maximum atomic E-state index is 12.6. The number of alkyl halides is 3. The number of hydrogen-bond acceptors (Lipinski definition) is 4. The highest BCUT2D eigenvalue weighted by atomic mass is 32.1. The maximum Gasteiger partial charge on any atom is 0.434 e. The minimum Gasteiger partial charge on any atom is -0.357 e. The molecule has 2 rings (SSSR count). The van der Waals surface area contributed by atoms with E-state index in [4.69, 9.17) is 0 Å². The molecule has 0 fully saturated rings. The Morgan fingerprint density at radius 2 is 1.90 bits per heavy atom. The quantitative estimate of drug-likeness (QED) is 0.437. The molecule has 6 nitrogen and oxygen atoms in total. The summed E-state index contributed by atoms with van der Waals surface area (Å²) >= 11 is 0.950. The Labute approximate surface area is 171 Å². The lowest BCUT2D eigenvalue weighted by Crippen LogP contribution is -2.36. The number of nitrogens with one attached hydrogen (secondary N) is 3. The number of guanidine groups is 1. The number of amides is 1. The third-order valence-electron chi connectivity index (χ3n) is 3.73. The molecule has 0 saturated heterocycles. The summed E-state index contributed by atoms with van der Waals surface area (Å²) in [6.07, 6.45) is -3.17. The first kappa shape index (κ1) is 22.7. The molecule has 0 atom stereocenters. The Bertz CT molecular complexity index is 818. The molecule has 0 radical (unpaired) electrons. The lowest BCUT2D eigenvalue weighted by molar-refractivity contribution is -0.140. The average molecular weight is 427 g/mol. The van der Waals surface area contributed by atoms with Gasteiger partial charge in [-0.25, -0.2) is 9.98 Å². The molecule has 158 valence electrons. The van der Waals surface area contributed by atoms with Gasteiger partial charge in [-0.3, -0.25) is 4.79 Å². The molecule has 0 saturated carbocycles. The zero-order valence-electron chi connectivity index (χ0n) is 16.3. The second kappa shape index (κ2) is 10.8. The number of carbonyl (C=O) groups is 1. The summed E-state index contributed by atoms with van der Waals surface area (Å²) in [5, 5.41) is 10.2. The maximum absolute atomic E-state index is 12.6. The van der Waals surface area contributed by atoms with E-state index in [1.165, 1.54) is 0 Å². The highest BCUT2D eigenvalue weighted by molar-refractivity contribution is 7.09. The van der Waals surface area contributed by atoms with E-state index in [9.17, 15) is 18.0 Å². The van der Waals surface area contributed by atoms with Gasteiger partial charge in [-0.15, -0.1) is 11.3 Å². The topological polar surface area (TPSA) is 78.4 Å². The summed E-state index contributed by atoms with van der Waals surface area (Å²) in [4.78, 5) is 19.6. The van der Waals surface area contributed by atoms with Gasteiger partial charge in [-0.05, 0) is 31.0 Å². The van der Waals surface area contributed by atoms with Crippen LogP contribution in [-0.4, -0.2) is 23.4 Å². The number of thiazole rings is 1. The molecule has 10 heteroatoms. The molecule has 1 aromatic heterocycles. The van der Waals surface area contributed by atoms with Gasteiger partial charge in [0.25, 0.3) is 0 Å². The van der Waals surface area contributed by atoms with E-state index in [2.05, 4.69) is 25.9 Å². The van der Waals surface area contributed by atoms with Gasteiger partial charge in [0.2, 0.25) is 5.91 Å². The molecule has 1 heterocycles. The predicted octanol–water partition coefficient (Wildman–Crippen LogP) is 4.16. The Balaban J connectivity index is 1.92. The fraction of sp³-hybridized carbons (Fsp3) is 0.421. The predicted molar refractivity (Wildman–Crippen MR) is 109 cm³/mol. The fourth-order valence-electron chi connectivity index (χ4n) is 2.34. The minimum absolute atomic E-state index is 0.0206. The second-order valence-corrected chi connectivity index (χ2v) is 7.11. The molecule has 0 aliphatic carbocycles.